The van der Waals surface area contributed by atoms with Gasteiger partial charge in [-0.3, -0.25) is 19.2 Å². The molecule has 0 atom stereocenters. The summed E-state index contributed by atoms with van der Waals surface area (Å²) < 4.78 is 16.5. The topological polar surface area (TPSA) is 181 Å². The van der Waals surface area contributed by atoms with Gasteiger partial charge in [0, 0.05) is 71.5 Å². The van der Waals surface area contributed by atoms with Gasteiger partial charge in [0.25, 0.3) is 11.8 Å². The highest BCUT2D eigenvalue weighted by Crippen LogP contribution is 2.21. The van der Waals surface area contributed by atoms with Crippen LogP contribution in [0, 0.1) is 6.92 Å². The number of hydrogen-bond donors (Lipinski definition) is 1. The van der Waals surface area contributed by atoms with E-state index in [2.05, 4.69) is 12.2 Å². The fourth-order valence-electron chi connectivity index (χ4n) is 6.13. The van der Waals surface area contributed by atoms with E-state index in [9.17, 15) is 33.6 Å². The molecule has 332 valence electrons. The van der Waals surface area contributed by atoms with E-state index in [1.807, 2.05) is 30.0 Å². The SMILES string of the molecule is CCCCN(CCCN(CCCN(CCCCNC(=O)OC(C)(C)C)C(=O)CCC(=O)ON1C(=O)CCC1=O)C(=O)OC(C)(C)C)C(=O)CCc1ccc(C)c(OC)c1. The predicted octanol–water partition coefficient (Wildman–Crippen LogP) is 6.10. The van der Waals surface area contributed by atoms with Crippen molar-refractivity contribution in [1.29, 1.82) is 0 Å². The van der Waals surface area contributed by atoms with E-state index in [0.29, 0.717) is 76.3 Å². The van der Waals surface area contributed by atoms with Crippen LogP contribution in [0.1, 0.15) is 130 Å². The van der Waals surface area contributed by atoms with E-state index in [0.717, 1.165) is 29.7 Å². The molecule has 1 aromatic rings. The predicted molar refractivity (Wildman–Crippen MR) is 221 cm³/mol. The normalized spacial score (nSPS) is 12.9. The lowest BCUT2D eigenvalue weighted by atomic mass is 10.1. The van der Waals surface area contributed by atoms with Crippen molar-refractivity contribution in [3.8, 4) is 5.75 Å². The maximum atomic E-state index is 13.5. The molecule has 1 saturated heterocycles. The summed E-state index contributed by atoms with van der Waals surface area (Å²) in [5.74, 6) is -1.60. The molecular weight excluding hydrogens is 762 g/mol. The van der Waals surface area contributed by atoms with Crippen molar-refractivity contribution < 1.29 is 52.6 Å². The molecule has 0 unspecified atom stereocenters. The van der Waals surface area contributed by atoms with E-state index >= 15 is 0 Å². The van der Waals surface area contributed by atoms with Crippen LogP contribution in [0.3, 0.4) is 0 Å². The van der Waals surface area contributed by atoms with Gasteiger partial charge in [0.05, 0.1) is 13.5 Å². The molecule has 1 N–H and O–H groups in total. The highest BCUT2D eigenvalue weighted by molar-refractivity contribution is 6.01. The number of alkyl carbamates (subject to hydrolysis) is 1. The number of hydrogen-bond acceptors (Lipinski definition) is 11. The van der Waals surface area contributed by atoms with Crippen LogP contribution in [0.25, 0.3) is 0 Å². The van der Waals surface area contributed by atoms with Crippen LogP contribution in [0.5, 0.6) is 5.75 Å². The van der Waals surface area contributed by atoms with Crippen LogP contribution in [-0.2, 0) is 44.7 Å². The molecular formula is C43H69N5O11. The Morgan fingerprint density at radius 3 is 1.81 bits per heavy atom. The maximum Gasteiger partial charge on any atom is 0.410 e. The number of hydroxylamine groups is 2. The van der Waals surface area contributed by atoms with Gasteiger partial charge in [-0.05, 0) is 104 Å². The standard InChI is InChI=1S/C43H69N5O11/c1-10-11-25-45(35(49)19-18-33-17-16-32(2)34(31-33)56-9)27-14-29-47(41(55)58-43(6,7)8)30-15-28-46(26-13-12-24-44-40(54)57-42(3,4)5)36(50)22-23-39(53)59-48-37(51)20-21-38(48)52/h16-17,31H,10-15,18-30H2,1-9H3,(H,44,54). The quantitative estimate of drug-likeness (QED) is 0.0939. The van der Waals surface area contributed by atoms with E-state index in [1.165, 1.54) is 0 Å². The Hall–Kier alpha value is -4.89. The number of carbonyl (C=O) groups is 7. The molecule has 1 heterocycles. The number of benzene rings is 1. The minimum atomic E-state index is -0.874. The van der Waals surface area contributed by atoms with Gasteiger partial charge in [0.2, 0.25) is 11.8 Å². The minimum Gasteiger partial charge on any atom is -0.496 e. The summed E-state index contributed by atoms with van der Waals surface area (Å²) >= 11 is 0. The molecule has 0 aromatic heterocycles. The molecule has 0 saturated carbocycles. The molecule has 16 nitrogen and oxygen atoms in total. The summed E-state index contributed by atoms with van der Waals surface area (Å²) in [4.78, 5) is 98.6. The van der Waals surface area contributed by atoms with E-state index < -0.39 is 41.2 Å². The summed E-state index contributed by atoms with van der Waals surface area (Å²) in [6.45, 7) is 17.3. The van der Waals surface area contributed by atoms with Gasteiger partial charge in [-0.25, -0.2) is 14.4 Å². The van der Waals surface area contributed by atoms with Crippen molar-refractivity contribution in [2.24, 2.45) is 0 Å². The second-order valence-corrected chi connectivity index (χ2v) is 16.8. The van der Waals surface area contributed by atoms with E-state index in [1.54, 1.807) is 58.5 Å². The summed E-state index contributed by atoms with van der Waals surface area (Å²) in [6, 6.07) is 5.96. The Labute approximate surface area is 350 Å². The number of amides is 6. The minimum absolute atomic E-state index is 0.0397. The first-order chi connectivity index (χ1) is 27.7. The number of methoxy groups -OCH3 is 1. The van der Waals surface area contributed by atoms with Gasteiger partial charge in [-0.2, -0.15) is 0 Å². The second kappa shape index (κ2) is 24.9. The summed E-state index contributed by atoms with van der Waals surface area (Å²) in [5.41, 5.74) is 0.665. The number of carbonyl (C=O) groups excluding carboxylic acids is 7. The summed E-state index contributed by atoms with van der Waals surface area (Å²) in [5, 5.41) is 3.16. The van der Waals surface area contributed by atoms with Gasteiger partial charge in [-0.15, -0.1) is 5.06 Å². The van der Waals surface area contributed by atoms with Gasteiger partial charge in [-0.1, -0.05) is 25.5 Å². The van der Waals surface area contributed by atoms with Crippen molar-refractivity contribution in [2.75, 3.05) is 52.9 Å². The molecule has 1 aromatic carbocycles. The van der Waals surface area contributed by atoms with Crippen LogP contribution in [0.4, 0.5) is 9.59 Å². The number of unbranched alkanes of at least 4 members (excludes halogenated alkanes) is 2. The molecule has 16 heteroatoms. The summed E-state index contributed by atoms with van der Waals surface area (Å²) in [6.07, 6.45) is 3.00. The van der Waals surface area contributed by atoms with Crippen LogP contribution in [-0.4, -0.2) is 126 Å². The lowest BCUT2D eigenvalue weighted by Gasteiger charge is -2.30. The van der Waals surface area contributed by atoms with Crippen molar-refractivity contribution in [3.05, 3.63) is 29.3 Å². The Morgan fingerprint density at radius 1 is 0.712 bits per heavy atom. The highest BCUT2D eigenvalue weighted by Gasteiger charge is 2.33. The zero-order valence-corrected chi connectivity index (χ0v) is 36.9. The number of imide groups is 1. The molecule has 1 aliphatic rings. The molecule has 0 aliphatic carbocycles. The molecule has 6 amide bonds. The van der Waals surface area contributed by atoms with Crippen molar-refractivity contribution in [1.82, 2.24) is 25.1 Å². The molecule has 1 aliphatic heterocycles. The zero-order chi connectivity index (χ0) is 44.2. The van der Waals surface area contributed by atoms with E-state index in [4.69, 9.17) is 19.0 Å². The summed E-state index contributed by atoms with van der Waals surface area (Å²) in [7, 11) is 1.63. The molecule has 0 spiro atoms. The molecule has 59 heavy (non-hydrogen) atoms. The Balaban J connectivity index is 2.07. The number of rotatable bonds is 24. The maximum absolute atomic E-state index is 13.5. The number of nitrogens with one attached hydrogen (secondary N) is 1. The number of nitrogens with zero attached hydrogens (tertiary/aromatic N) is 4. The van der Waals surface area contributed by atoms with Gasteiger partial charge in [0.1, 0.15) is 17.0 Å². The number of ether oxygens (including phenoxy) is 3. The number of aryl methyl sites for hydroxylation is 2. The molecule has 1 fully saturated rings. The molecule has 0 radical (unpaired) electrons. The lowest BCUT2D eigenvalue weighted by Crippen LogP contribution is -2.41. The first-order valence-electron chi connectivity index (χ1n) is 20.9. The van der Waals surface area contributed by atoms with Crippen LogP contribution in [0.2, 0.25) is 0 Å². The van der Waals surface area contributed by atoms with Crippen LogP contribution < -0.4 is 10.1 Å². The third-order valence-corrected chi connectivity index (χ3v) is 9.22. The largest absolute Gasteiger partial charge is 0.496 e. The van der Waals surface area contributed by atoms with Gasteiger partial charge < -0.3 is 39.1 Å². The lowest BCUT2D eigenvalue weighted by molar-refractivity contribution is -0.197. The van der Waals surface area contributed by atoms with Gasteiger partial charge in [0.15, 0.2) is 0 Å². The van der Waals surface area contributed by atoms with Crippen molar-refractivity contribution in [3.63, 3.8) is 0 Å². The smallest absolute Gasteiger partial charge is 0.410 e. The van der Waals surface area contributed by atoms with Crippen molar-refractivity contribution in [2.45, 2.75) is 144 Å². The van der Waals surface area contributed by atoms with Crippen molar-refractivity contribution >= 4 is 41.8 Å². The Morgan fingerprint density at radius 2 is 1.25 bits per heavy atom. The monoisotopic (exact) mass is 831 g/mol. The highest BCUT2D eigenvalue weighted by atomic mass is 16.7. The van der Waals surface area contributed by atoms with Crippen LogP contribution in [0.15, 0.2) is 18.2 Å². The zero-order valence-electron chi connectivity index (χ0n) is 36.9. The Bertz CT molecular complexity index is 1550. The average molecular weight is 832 g/mol. The average Bonchev–Trinajstić information content (AvgIpc) is 3.46. The first-order valence-corrected chi connectivity index (χ1v) is 20.9. The first kappa shape index (κ1) is 50.3. The Kier molecular flexibility index (Phi) is 21.2. The third kappa shape index (κ3) is 20.1. The third-order valence-electron chi connectivity index (χ3n) is 9.22. The fourth-order valence-corrected chi connectivity index (χ4v) is 6.13. The fraction of sp³-hybridized carbons (Fsp3) is 0.698. The van der Waals surface area contributed by atoms with E-state index in [-0.39, 0.29) is 50.6 Å². The second-order valence-electron chi connectivity index (χ2n) is 16.8. The molecule has 2 rings (SSSR count). The van der Waals surface area contributed by atoms with Gasteiger partial charge >= 0.3 is 18.2 Å². The van der Waals surface area contributed by atoms with Crippen LogP contribution >= 0.6 is 0 Å². The molecule has 0 bridgehead atoms.